The van der Waals surface area contributed by atoms with Crippen LogP contribution in [0.15, 0.2) is 36.4 Å². The number of aliphatic hydroxyl groups excluding tert-OH is 2. The van der Waals surface area contributed by atoms with E-state index in [4.69, 9.17) is 32.7 Å². The molecule has 0 unspecified atom stereocenters. The zero-order valence-corrected chi connectivity index (χ0v) is 21.2. The topological polar surface area (TPSA) is 115 Å². The zero-order valence-electron chi connectivity index (χ0n) is 19.7. The highest BCUT2D eigenvalue weighted by Crippen LogP contribution is 2.55. The van der Waals surface area contributed by atoms with Gasteiger partial charge in [0, 0.05) is 28.7 Å². The number of benzene rings is 3. The number of methoxy groups -OCH3 is 1. The summed E-state index contributed by atoms with van der Waals surface area (Å²) in [6.45, 7) is -0.384. The van der Waals surface area contributed by atoms with Gasteiger partial charge in [-0.05, 0) is 12.1 Å². The summed E-state index contributed by atoms with van der Waals surface area (Å²) in [5, 5.41) is 27.7. The molecule has 5 atom stereocenters. The summed E-state index contributed by atoms with van der Waals surface area (Å²) in [6.07, 6.45) is -3.64. The summed E-state index contributed by atoms with van der Waals surface area (Å²) in [5.74, 6) is -0.986. The molecule has 192 valence electrons. The van der Waals surface area contributed by atoms with Crippen molar-refractivity contribution in [3.05, 3.63) is 57.6 Å². The Kier molecular flexibility index (Phi) is 4.48. The summed E-state index contributed by atoms with van der Waals surface area (Å²) in [5.41, 5.74) is 3.02. The first-order valence-electron chi connectivity index (χ1n) is 12.1. The quantitative estimate of drug-likeness (QED) is 0.286. The third kappa shape index (κ3) is 2.44. The third-order valence-electron chi connectivity index (χ3n) is 8.27. The Morgan fingerprint density at radius 1 is 0.921 bits per heavy atom. The van der Waals surface area contributed by atoms with E-state index in [0.717, 1.165) is 0 Å². The van der Waals surface area contributed by atoms with Gasteiger partial charge < -0.3 is 28.8 Å². The molecule has 3 N–H and O–H groups in total. The maximum absolute atomic E-state index is 13.3. The normalized spacial score (nSPS) is 26.2. The Morgan fingerprint density at radius 2 is 1.47 bits per heavy atom. The van der Waals surface area contributed by atoms with Crippen LogP contribution in [0, 0.1) is 0 Å². The number of imide groups is 1. The van der Waals surface area contributed by atoms with Crippen molar-refractivity contribution in [2.75, 3.05) is 13.7 Å². The number of carbonyl (C=O) groups excluding carboxylic acids is 2. The summed E-state index contributed by atoms with van der Waals surface area (Å²) in [6, 6.07) is 10.00. The number of para-hydroxylation sites is 2. The lowest BCUT2D eigenvalue weighted by Gasteiger charge is -2.47. The second-order valence-corrected chi connectivity index (χ2v) is 10.7. The fraction of sp³-hybridized carbons (Fsp3) is 0.259. The molecule has 3 aromatic carbocycles. The molecule has 0 aliphatic carbocycles. The minimum atomic E-state index is -1.13. The van der Waals surface area contributed by atoms with E-state index in [1.807, 2.05) is 21.3 Å². The summed E-state index contributed by atoms with van der Waals surface area (Å²) in [4.78, 5) is 26.6. The van der Waals surface area contributed by atoms with Gasteiger partial charge in [0.15, 0.2) is 6.23 Å². The molecule has 1 saturated heterocycles. The van der Waals surface area contributed by atoms with Crippen LogP contribution in [0.2, 0.25) is 10.0 Å². The van der Waals surface area contributed by atoms with Gasteiger partial charge in [0.05, 0.1) is 49.8 Å². The second kappa shape index (κ2) is 7.47. The van der Waals surface area contributed by atoms with E-state index in [2.05, 4.69) is 5.32 Å². The van der Waals surface area contributed by atoms with Crippen molar-refractivity contribution in [2.24, 2.45) is 0 Å². The molecule has 2 aromatic heterocycles. The van der Waals surface area contributed by atoms with E-state index in [9.17, 15) is 19.8 Å². The summed E-state index contributed by atoms with van der Waals surface area (Å²) in [7, 11) is 1.45. The van der Waals surface area contributed by atoms with Gasteiger partial charge in [-0.2, -0.15) is 0 Å². The van der Waals surface area contributed by atoms with Crippen molar-refractivity contribution in [3.63, 3.8) is 0 Å². The molecule has 0 bridgehead atoms. The number of fused-ring (bicyclic) bond motifs is 12. The molecule has 3 aliphatic rings. The molecule has 0 spiro atoms. The SMILES string of the molecule is CO[C@H]1[C@H](O)[C@H]2[C@@H](O[C@@H]1CO)n1c3c(Cl)cccc3c3c4c(c5c6cccc(Cl)c6n2c5c31)C(=O)NC4=O. The standard InChI is InChI=1S/C27H19Cl2N3O6/c1-37-24-13(8-33)38-27-22(23(24)34)31-18-9(4-2-6-11(18)28)14-16-17(26(36)30-25(16)35)15-10-5-3-7-12(29)19(10)32(27)21(15)20(14)31/h2-7,13,22-24,27,33-34H,8H2,1H3,(H,30,35,36)/t13-,22+,23-,24-,27-/m1/s1. The maximum atomic E-state index is 13.3. The van der Waals surface area contributed by atoms with E-state index in [0.29, 0.717) is 53.7 Å². The molecule has 8 rings (SSSR count). The van der Waals surface area contributed by atoms with Crippen LogP contribution < -0.4 is 5.32 Å². The van der Waals surface area contributed by atoms with Crippen LogP contribution in [0.5, 0.6) is 0 Å². The minimum Gasteiger partial charge on any atom is -0.394 e. The lowest BCUT2D eigenvalue weighted by Crippen LogP contribution is -2.55. The second-order valence-electron chi connectivity index (χ2n) is 9.92. The van der Waals surface area contributed by atoms with E-state index in [1.54, 1.807) is 24.3 Å². The molecule has 0 radical (unpaired) electrons. The number of nitrogens with zero attached hydrogens (tertiary/aromatic N) is 2. The van der Waals surface area contributed by atoms with Gasteiger partial charge in [-0.25, -0.2) is 0 Å². The van der Waals surface area contributed by atoms with E-state index >= 15 is 0 Å². The van der Waals surface area contributed by atoms with Gasteiger partial charge in [-0.3, -0.25) is 14.9 Å². The van der Waals surface area contributed by atoms with Crippen molar-refractivity contribution < 1.29 is 29.3 Å². The molecule has 3 aliphatic heterocycles. The van der Waals surface area contributed by atoms with Crippen LogP contribution >= 0.6 is 23.2 Å². The number of hydrogen-bond donors (Lipinski definition) is 3. The number of ether oxygens (including phenoxy) is 2. The Labute approximate surface area is 224 Å². The molecule has 5 heterocycles. The fourth-order valence-corrected chi connectivity index (χ4v) is 7.48. The van der Waals surface area contributed by atoms with Gasteiger partial charge in [0.1, 0.15) is 24.4 Å². The average molecular weight is 552 g/mol. The molecular formula is C27H19Cl2N3O6. The Hall–Kier alpha value is -3.18. The molecule has 5 aromatic rings. The fourth-order valence-electron chi connectivity index (χ4n) is 6.95. The number of nitrogens with one attached hydrogen (secondary N) is 1. The van der Waals surface area contributed by atoms with Crippen LogP contribution in [0.4, 0.5) is 0 Å². The first-order valence-corrected chi connectivity index (χ1v) is 12.9. The Bertz CT molecular complexity index is 1930. The van der Waals surface area contributed by atoms with Crippen LogP contribution in [0.25, 0.3) is 43.6 Å². The number of carbonyl (C=O) groups is 2. The van der Waals surface area contributed by atoms with Crippen LogP contribution in [0.3, 0.4) is 0 Å². The molecule has 0 saturated carbocycles. The van der Waals surface area contributed by atoms with Crippen molar-refractivity contribution in [1.29, 1.82) is 0 Å². The van der Waals surface area contributed by atoms with E-state index in [1.165, 1.54) is 7.11 Å². The number of hydrogen-bond acceptors (Lipinski definition) is 6. The monoisotopic (exact) mass is 551 g/mol. The Balaban J connectivity index is 1.70. The molecular weight excluding hydrogens is 533 g/mol. The Morgan fingerprint density at radius 3 is 2.03 bits per heavy atom. The first-order chi connectivity index (χ1) is 18.4. The number of aromatic nitrogens is 2. The number of amides is 2. The van der Waals surface area contributed by atoms with Gasteiger partial charge in [0.2, 0.25) is 0 Å². The van der Waals surface area contributed by atoms with Crippen molar-refractivity contribution in [2.45, 2.75) is 30.6 Å². The van der Waals surface area contributed by atoms with Crippen molar-refractivity contribution in [1.82, 2.24) is 14.5 Å². The van der Waals surface area contributed by atoms with Crippen molar-refractivity contribution in [3.8, 4) is 0 Å². The van der Waals surface area contributed by atoms with Gasteiger partial charge >= 0.3 is 0 Å². The number of halogens is 2. The zero-order chi connectivity index (χ0) is 26.2. The molecule has 38 heavy (non-hydrogen) atoms. The van der Waals surface area contributed by atoms with Crippen LogP contribution in [-0.2, 0) is 9.47 Å². The lowest BCUT2D eigenvalue weighted by atomic mass is 9.93. The van der Waals surface area contributed by atoms with Gasteiger partial charge in [0.25, 0.3) is 11.8 Å². The predicted octanol–water partition coefficient (Wildman–Crippen LogP) is 3.91. The van der Waals surface area contributed by atoms with E-state index in [-0.39, 0.29) is 17.7 Å². The molecule has 9 nitrogen and oxygen atoms in total. The molecule has 11 heteroatoms. The van der Waals surface area contributed by atoms with Gasteiger partial charge in [-0.1, -0.05) is 47.5 Å². The maximum Gasteiger partial charge on any atom is 0.259 e. The van der Waals surface area contributed by atoms with Gasteiger partial charge in [-0.15, -0.1) is 0 Å². The number of aliphatic hydroxyl groups is 2. The van der Waals surface area contributed by atoms with E-state index < -0.39 is 42.4 Å². The summed E-state index contributed by atoms with van der Waals surface area (Å²) < 4.78 is 15.9. The third-order valence-corrected chi connectivity index (χ3v) is 8.88. The molecule has 2 amide bonds. The highest BCUT2D eigenvalue weighted by molar-refractivity contribution is 6.43. The minimum absolute atomic E-state index is 0.267. The van der Waals surface area contributed by atoms with Crippen LogP contribution in [0.1, 0.15) is 33.0 Å². The summed E-state index contributed by atoms with van der Waals surface area (Å²) >= 11 is 13.6. The van der Waals surface area contributed by atoms with Crippen molar-refractivity contribution >= 4 is 78.6 Å². The van der Waals surface area contributed by atoms with Crippen LogP contribution in [-0.4, -0.2) is 63.2 Å². The lowest BCUT2D eigenvalue weighted by molar-refractivity contribution is -0.231. The average Bonchev–Trinajstić information content (AvgIpc) is 3.52. The smallest absolute Gasteiger partial charge is 0.259 e. The predicted molar refractivity (Wildman–Crippen MR) is 141 cm³/mol. The highest BCUT2D eigenvalue weighted by Gasteiger charge is 2.52. The molecule has 1 fully saturated rings. The largest absolute Gasteiger partial charge is 0.394 e. The first kappa shape index (κ1) is 22.8. The highest BCUT2D eigenvalue weighted by atomic mass is 35.5. The number of rotatable bonds is 2.